The van der Waals surface area contributed by atoms with Gasteiger partial charge in [-0.3, -0.25) is 0 Å². The summed E-state index contributed by atoms with van der Waals surface area (Å²) < 4.78 is 12.8. The summed E-state index contributed by atoms with van der Waals surface area (Å²) >= 11 is 0. The summed E-state index contributed by atoms with van der Waals surface area (Å²) in [5.41, 5.74) is -1.00. The Labute approximate surface area is 92.5 Å². The van der Waals surface area contributed by atoms with Crippen LogP contribution < -0.4 is 5.32 Å². The van der Waals surface area contributed by atoms with Gasteiger partial charge < -0.3 is 10.4 Å². The molecule has 1 heterocycles. The highest BCUT2D eigenvalue weighted by Gasteiger charge is 2.19. The molecule has 0 saturated heterocycles. The topological polar surface area (TPSA) is 62.2 Å². The lowest BCUT2D eigenvalue weighted by Gasteiger charge is -2.21. The highest BCUT2D eigenvalue weighted by Crippen LogP contribution is 2.18. The van der Waals surface area contributed by atoms with E-state index in [2.05, 4.69) is 16.2 Å². The number of nitrogens with zero attached hydrogens (tertiary/aromatic N) is 1. The second-order valence-electron chi connectivity index (χ2n) is 3.75. The van der Waals surface area contributed by atoms with Crippen LogP contribution in [0.1, 0.15) is 24.2 Å². The van der Waals surface area contributed by atoms with Gasteiger partial charge in [0.25, 0.3) is 0 Å². The van der Waals surface area contributed by atoms with Crippen LogP contribution in [-0.4, -0.2) is 21.6 Å². The largest absolute Gasteiger partial charge is 0.478 e. The van der Waals surface area contributed by atoms with Gasteiger partial charge >= 0.3 is 5.97 Å². The molecule has 0 aromatic carbocycles. The average molecular weight is 222 g/mol. The van der Waals surface area contributed by atoms with Crippen LogP contribution in [0.2, 0.25) is 0 Å². The molecule has 16 heavy (non-hydrogen) atoms. The zero-order valence-electron chi connectivity index (χ0n) is 8.91. The molecule has 84 valence electrons. The van der Waals surface area contributed by atoms with Gasteiger partial charge in [0.1, 0.15) is 17.2 Å². The van der Waals surface area contributed by atoms with Crippen molar-refractivity contribution in [3.05, 3.63) is 23.6 Å². The Morgan fingerprint density at radius 1 is 1.69 bits per heavy atom. The van der Waals surface area contributed by atoms with Gasteiger partial charge in [-0.1, -0.05) is 5.92 Å². The summed E-state index contributed by atoms with van der Waals surface area (Å²) in [5.74, 6) is 0.517. The summed E-state index contributed by atoms with van der Waals surface area (Å²) in [6.07, 6.45) is 6.18. The molecule has 0 unspecified atom stereocenters. The molecule has 0 spiro atoms. The minimum atomic E-state index is -1.26. The number of aromatic nitrogens is 1. The van der Waals surface area contributed by atoms with Crippen molar-refractivity contribution in [3.63, 3.8) is 0 Å². The molecule has 1 aromatic rings. The minimum Gasteiger partial charge on any atom is -0.478 e. The third-order valence-electron chi connectivity index (χ3n) is 1.88. The molecule has 4 nitrogen and oxygen atoms in total. The SMILES string of the molecule is C#CC(C)(C)Nc1ncc(F)cc1C(=O)O. The number of carboxylic acid groups (broad SMARTS) is 1. The molecule has 2 N–H and O–H groups in total. The maximum absolute atomic E-state index is 12.8. The molecule has 0 atom stereocenters. The lowest BCUT2D eigenvalue weighted by Crippen LogP contribution is -2.30. The Morgan fingerprint density at radius 2 is 2.31 bits per heavy atom. The van der Waals surface area contributed by atoms with Gasteiger partial charge in [-0.25, -0.2) is 14.2 Å². The minimum absolute atomic E-state index is 0.0526. The predicted octanol–water partition coefficient (Wildman–Crippen LogP) is 1.74. The van der Waals surface area contributed by atoms with Crippen LogP contribution in [0.15, 0.2) is 12.3 Å². The summed E-state index contributed by atoms with van der Waals surface area (Å²) in [5, 5.41) is 11.6. The van der Waals surface area contributed by atoms with E-state index in [0.29, 0.717) is 0 Å². The number of rotatable bonds is 3. The third-order valence-corrected chi connectivity index (χ3v) is 1.88. The maximum atomic E-state index is 12.8. The van der Waals surface area contributed by atoms with Crippen molar-refractivity contribution in [2.75, 3.05) is 5.32 Å². The number of pyridine rings is 1. The molecule has 5 heteroatoms. The maximum Gasteiger partial charge on any atom is 0.339 e. The second-order valence-corrected chi connectivity index (χ2v) is 3.75. The highest BCUT2D eigenvalue weighted by atomic mass is 19.1. The highest BCUT2D eigenvalue weighted by molar-refractivity contribution is 5.93. The van der Waals surface area contributed by atoms with Crippen LogP contribution in [0.4, 0.5) is 10.2 Å². The molecule has 0 amide bonds. The number of carbonyl (C=O) groups is 1. The smallest absolute Gasteiger partial charge is 0.339 e. The Bertz CT molecular complexity index is 464. The van der Waals surface area contributed by atoms with E-state index >= 15 is 0 Å². The van der Waals surface area contributed by atoms with Crippen molar-refractivity contribution >= 4 is 11.8 Å². The number of halogens is 1. The molecule has 0 fully saturated rings. The summed E-state index contributed by atoms with van der Waals surface area (Å²) in [7, 11) is 0. The first-order chi connectivity index (χ1) is 7.35. The Balaban J connectivity index is 3.15. The van der Waals surface area contributed by atoms with Crippen molar-refractivity contribution in [1.82, 2.24) is 4.98 Å². The van der Waals surface area contributed by atoms with E-state index in [1.807, 2.05) is 0 Å². The fourth-order valence-corrected chi connectivity index (χ4v) is 1.03. The lowest BCUT2D eigenvalue weighted by atomic mass is 10.1. The van der Waals surface area contributed by atoms with E-state index in [1.54, 1.807) is 13.8 Å². The van der Waals surface area contributed by atoms with Gasteiger partial charge in [0.05, 0.1) is 11.7 Å². The predicted molar refractivity (Wildman–Crippen MR) is 57.7 cm³/mol. The van der Waals surface area contributed by atoms with E-state index in [1.165, 1.54) is 0 Å². The van der Waals surface area contributed by atoms with Crippen LogP contribution in [0.3, 0.4) is 0 Å². The fraction of sp³-hybridized carbons (Fsp3) is 0.273. The quantitative estimate of drug-likeness (QED) is 0.765. The van der Waals surface area contributed by atoms with Gasteiger partial charge in [0.2, 0.25) is 0 Å². The van der Waals surface area contributed by atoms with E-state index < -0.39 is 17.3 Å². The summed E-state index contributed by atoms with van der Waals surface area (Å²) in [6, 6.07) is 0.893. The zero-order valence-corrected chi connectivity index (χ0v) is 8.91. The van der Waals surface area contributed by atoms with Gasteiger partial charge in [-0.2, -0.15) is 0 Å². The van der Waals surface area contributed by atoms with Crippen LogP contribution in [-0.2, 0) is 0 Å². The molecule has 0 aliphatic rings. The first kappa shape index (κ1) is 12.0. The van der Waals surface area contributed by atoms with E-state index in [9.17, 15) is 9.18 Å². The van der Waals surface area contributed by atoms with E-state index in [0.717, 1.165) is 12.3 Å². The van der Waals surface area contributed by atoms with Gasteiger partial charge in [0, 0.05) is 0 Å². The molecule has 0 radical (unpaired) electrons. The van der Waals surface area contributed by atoms with Crippen LogP contribution in [0.25, 0.3) is 0 Å². The fourth-order valence-electron chi connectivity index (χ4n) is 1.03. The van der Waals surface area contributed by atoms with Crippen LogP contribution >= 0.6 is 0 Å². The standard InChI is InChI=1S/C11H11FN2O2/c1-4-11(2,3)14-9-8(10(15)16)5-7(12)6-13-9/h1,5-6H,2-3H3,(H,13,14)(H,15,16). The third kappa shape index (κ3) is 2.70. The number of terminal acetylenes is 1. The van der Waals surface area contributed by atoms with Gasteiger partial charge in [-0.15, -0.1) is 6.42 Å². The first-order valence-electron chi connectivity index (χ1n) is 4.50. The molecule has 0 saturated carbocycles. The monoisotopic (exact) mass is 222 g/mol. The van der Waals surface area contributed by atoms with Crippen molar-refractivity contribution in [3.8, 4) is 12.3 Å². The zero-order chi connectivity index (χ0) is 12.3. The average Bonchev–Trinajstić information content (AvgIpc) is 2.20. The van der Waals surface area contributed by atoms with Crippen molar-refractivity contribution in [1.29, 1.82) is 0 Å². The van der Waals surface area contributed by atoms with E-state index in [4.69, 9.17) is 11.5 Å². The van der Waals surface area contributed by atoms with Crippen LogP contribution in [0, 0.1) is 18.2 Å². The number of hydrogen-bond acceptors (Lipinski definition) is 3. The van der Waals surface area contributed by atoms with Gasteiger partial charge in [0.15, 0.2) is 0 Å². The number of hydrogen-bond donors (Lipinski definition) is 2. The van der Waals surface area contributed by atoms with Crippen LogP contribution in [0.5, 0.6) is 0 Å². The normalized spacial score (nSPS) is 10.6. The molecule has 0 bridgehead atoms. The molecular weight excluding hydrogens is 211 g/mol. The summed E-state index contributed by atoms with van der Waals surface area (Å²) in [4.78, 5) is 14.5. The Kier molecular flexibility index (Phi) is 3.14. The molecular formula is C11H11FN2O2. The van der Waals surface area contributed by atoms with Crippen molar-refractivity contribution < 1.29 is 14.3 Å². The number of nitrogens with one attached hydrogen (secondary N) is 1. The lowest BCUT2D eigenvalue weighted by molar-refractivity contribution is 0.0697. The first-order valence-corrected chi connectivity index (χ1v) is 4.50. The Hall–Kier alpha value is -2.09. The summed E-state index contributed by atoms with van der Waals surface area (Å²) in [6.45, 7) is 3.37. The number of aromatic carboxylic acids is 1. The molecule has 1 aromatic heterocycles. The number of carboxylic acids is 1. The van der Waals surface area contributed by atoms with Crippen molar-refractivity contribution in [2.45, 2.75) is 19.4 Å². The van der Waals surface area contributed by atoms with Gasteiger partial charge in [-0.05, 0) is 19.9 Å². The number of anilines is 1. The van der Waals surface area contributed by atoms with Crippen molar-refractivity contribution in [2.24, 2.45) is 0 Å². The Morgan fingerprint density at radius 3 is 2.81 bits per heavy atom. The molecule has 0 aliphatic heterocycles. The van der Waals surface area contributed by atoms with E-state index in [-0.39, 0.29) is 11.4 Å². The molecule has 0 aliphatic carbocycles. The second kappa shape index (κ2) is 4.19. The molecule has 1 rings (SSSR count).